The second kappa shape index (κ2) is 4.91. The SMILES string of the molecule is Cc1cc(F)ccc1CC(F)C1CCCN1. The Morgan fingerprint density at radius 2 is 2.31 bits per heavy atom. The van der Waals surface area contributed by atoms with Crippen molar-refractivity contribution < 1.29 is 8.78 Å². The molecule has 1 aliphatic rings. The van der Waals surface area contributed by atoms with Crippen molar-refractivity contribution >= 4 is 0 Å². The molecular formula is C13H17F2N. The molecule has 0 aromatic heterocycles. The first-order valence-electron chi connectivity index (χ1n) is 5.79. The van der Waals surface area contributed by atoms with E-state index in [4.69, 9.17) is 0 Å². The molecular weight excluding hydrogens is 208 g/mol. The Kier molecular flexibility index (Phi) is 3.54. The van der Waals surface area contributed by atoms with Crippen LogP contribution in [0.3, 0.4) is 0 Å². The van der Waals surface area contributed by atoms with Gasteiger partial charge in [0.05, 0.1) is 0 Å². The van der Waals surface area contributed by atoms with Crippen LogP contribution in [0.15, 0.2) is 18.2 Å². The summed E-state index contributed by atoms with van der Waals surface area (Å²) in [6, 6.07) is 4.53. The summed E-state index contributed by atoms with van der Waals surface area (Å²) < 4.78 is 26.8. The first-order chi connectivity index (χ1) is 7.66. The highest BCUT2D eigenvalue weighted by Crippen LogP contribution is 2.19. The minimum Gasteiger partial charge on any atom is -0.311 e. The van der Waals surface area contributed by atoms with Gasteiger partial charge in [0.1, 0.15) is 12.0 Å². The number of halogens is 2. The fourth-order valence-corrected chi connectivity index (χ4v) is 2.26. The van der Waals surface area contributed by atoms with Crippen LogP contribution in [-0.4, -0.2) is 18.8 Å². The summed E-state index contributed by atoms with van der Waals surface area (Å²) in [5.74, 6) is -0.254. The normalized spacial score (nSPS) is 22.3. The molecule has 0 saturated carbocycles. The van der Waals surface area contributed by atoms with Gasteiger partial charge >= 0.3 is 0 Å². The minimum absolute atomic E-state index is 0.0237. The van der Waals surface area contributed by atoms with Gasteiger partial charge in [0, 0.05) is 12.5 Å². The molecule has 0 radical (unpaired) electrons. The van der Waals surface area contributed by atoms with Gasteiger partial charge in [-0.15, -0.1) is 0 Å². The summed E-state index contributed by atoms with van der Waals surface area (Å²) in [5, 5.41) is 3.16. The summed E-state index contributed by atoms with van der Waals surface area (Å²) in [7, 11) is 0. The van der Waals surface area contributed by atoms with E-state index in [-0.39, 0.29) is 11.9 Å². The van der Waals surface area contributed by atoms with E-state index in [1.165, 1.54) is 12.1 Å². The predicted octanol–water partition coefficient (Wildman–Crippen LogP) is 2.77. The maximum absolute atomic E-state index is 13.9. The van der Waals surface area contributed by atoms with E-state index >= 15 is 0 Å². The molecule has 0 spiro atoms. The Balaban J connectivity index is 2.02. The maximum atomic E-state index is 13.9. The maximum Gasteiger partial charge on any atom is 0.123 e. The molecule has 2 unspecified atom stereocenters. The third-order valence-electron chi connectivity index (χ3n) is 3.25. The zero-order valence-electron chi connectivity index (χ0n) is 9.47. The smallest absolute Gasteiger partial charge is 0.123 e. The molecule has 16 heavy (non-hydrogen) atoms. The minimum atomic E-state index is -0.869. The van der Waals surface area contributed by atoms with Gasteiger partial charge in [-0.1, -0.05) is 6.07 Å². The number of hydrogen-bond donors (Lipinski definition) is 1. The van der Waals surface area contributed by atoms with Gasteiger partial charge < -0.3 is 5.32 Å². The largest absolute Gasteiger partial charge is 0.311 e. The molecule has 1 fully saturated rings. The van der Waals surface area contributed by atoms with E-state index in [2.05, 4.69) is 5.32 Å². The van der Waals surface area contributed by atoms with Gasteiger partial charge in [-0.2, -0.15) is 0 Å². The lowest BCUT2D eigenvalue weighted by atomic mass is 9.98. The van der Waals surface area contributed by atoms with E-state index in [0.717, 1.165) is 30.5 Å². The van der Waals surface area contributed by atoms with Crippen LogP contribution in [0.2, 0.25) is 0 Å². The standard InChI is InChI=1S/C13H17F2N/c1-9-7-11(14)5-4-10(9)8-12(15)13-3-2-6-16-13/h4-5,7,12-13,16H,2-3,6,8H2,1H3. The van der Waals surface area contributed by atoms with Crippen molar-refractivity contribution in [3.63, 3.8) is 0 Å². The predicted molar refractivity (Wildman–Crippen MR) is 60.8 cm³/mol. The van der Waals surface area contributed by atoms with Gasteiger partial charge in [-0.25, -0.2) is 8.78 Å². The van der Waals surface area contributed by atoms with Gasteiger partial charge in [-0.3, -0.25) is 0 Å². The topological polar surface area (TPSA) is 12.0 Å². The molecule has 88 valence electrons. The molecule has 0 bridgehead atoms. The lowest BCUT2D eigenvalue weighted by Gasteiger charge is -2.17. The summed E-state index contributed by atoms with van der Waals surface area (Å²) in [6.07, 6.45) is 1.46. The van der Waals surface area contributed by atoms with Crippen LogP contribution in [0.4, 0.5) is 8.78 Å². The van der Waals surface area contributed by atoms with Crippen molar-refractivity contribution in [2.24, 2.45) is 0 Å². The Labute approximate surface area is 94.9 Å². The number of rotatable bonds is 3. The zero-order valence-corrected chi connectivity index (χ0v) is 9.47. The van der Waals surface area contributed by atoms with Crippen LogP contribution in [-0.2, 0) is 6.42 Å². The first-order valence-corrected chi connectivity index (χ1v) is 5.79. The quantitative estimate of drug-likeness (QED) is 0.834. The third-order valence-corrected chi connectivity index (χ3v) is 3.25. The van der Waals surface area contributed by atoms with Crippen LogP contribution < -0.4 is 5.32 Å². The molecule has 1 saturated heterocycles. The van der Waals surface area contributed by atoms with E-state index in [0.29, 0.717) is 6.42 Å². The molecule has 2 atom stereocenters. The lowest BCUT2D eigenvalue weighted by Crippen LogP contribution is -2.33. The molecule has 2 rings (SSSR count). The number of nitrogens with one attached hydrogen (secondary N) is 1. The molecule has 1 aliphatic heterocycles. The van der Waals surface area contributed by atoms with E-state index in [1.807, 2.05) is 6.92 Å². The Hall–Kier alpha value is -0.960. The van der Waals surface area contributed by atoms with E-state index in [1.54, 1.807) is 6.07 Å². The molecule has 3 heteroatoms. The number of aryl methyl sites for hydroxylation is 1. The summed E-state index contributed by atoms with van der Waals surface area (Å²) in [4.78, 5) is 0. The number of alkyl halides is 1. The van der Waals surface area contributed by atoms with Crippen molar-refractivity contribution in [1.82, 2.24) is 5.32 Å². The molecule has 1 nitrogen and oxygen atoms in total. The summed E-state index contributed by atoms with van der Waals surface area (Å²) in [6.45, 7) is 2.74. The summed E-state index contributed by atoms with van der Waals surface area (Å²) >= 11 is 0. The average molecular weight is 225 g/mol. The van der Waals surface area contributed by atoms with Crippen LogP contribution in [0.1, 0.15) is 24.0 Å². The van der Waals surface area contributed by atoms with Crippen molar-refractivity contribution in [2.45, 2.75) is 38.4 Å². The fourth-order valence-electron chi connectivity index (χ4n) is 2.26. The summed E-state index contributed by atoms with van der Waals surface area (Å²) in [5.41, 5.74) is 1.74. The van der Waals surface area contributed by atoms with Crippen LogP contribution >= 0.6 is 0 Å². The second-order valence-corrected chi connectivity index (χ2v) is 4.49. The highest BCUT2D eigenvalue weighted by atomic mass is 19.1. The molecule has 1 N–H and O–H groups in total. The van der Waals surface area contributed by atoms with E-state index in [9.17, 15) is 8.78 Å². The van der Waals surface area contributed by atoms with Gasteiger partial charge in [0.15, 0.2) is 0 Å². The monoisotopic (exact) mass is 225 g/mol. The van der Waals surface area contributed by atoms with Crippen LogP contribution in [0, 0.1) is 12.7 Å². The zero-order chi connectivity index (χ0) is 11.5. The Morgan fingerprint density at radius 1 is 1.50 bits per heavy atom. The van der Waals surface area contributed by atoms with Gasteiger partial charge in [-0.05, 0) is 49.6 Å². The van der Waals surface area contributed by atoms with Crippen molar-refractivity contribution in [1.29, 1.82) is 0 Å². The molecule has 0 aliphatic carbocycles. The average Bonchev–Trinajstić information content (AvgIpc) is 2.75. The number of benzene rings is 1. The first kappa shape index (κ1) is 11.5. The Bertz CT molecular complexity index is 359. The highest BCUT2D eigenvalue weighted by Gasteiger charge is 2.24. The van der Waals surface area contributed by atoms with Gasteiger partial charge in [0.2, 0.25) is 0 Å². The second-order valence-electron chi connectivity index (χ2n) is 4.49. The van der Waals surface area contributed by atoms with Crippen molar-refractivity contribution in [3.05, 3.63) is 35.1 Å². The lowest BCUT2D eigenvalue weighted by molar-refractivity contribution is 0.263. The van der Waals surface area contributed by atoms with Crippen LogP contribution in [0.5, 0.6) is 0 Å². The molecule has 1 aromatic rings. The highest BCUT2D eigenvalue weighted by molar-refractivity contribution is 5.27. The van der Waals surface area contributed by atoms with E-state index < -0.39 is 6.17 Å². The molecule has 0 amide bonds. The molecule has 1 heterocycles. The van der Waals surface area contributed by atoms with Crippen LogP contribution in [0.25, 0.3) is 0 Å². The number of hydrogen-bond acceptors (Lipinski definition) is 1. The van der Waals surface area contributed by atoms with Gasteiger partial charge in [0.25, 0.3) is 0 Å². The third kappa shape index (κ3) is 2.59. The fraction of sp³-hybridized carbons (Fsp3) is 0.538. The molecule has 1 aromatic carbocycles. The van der Waals surface area contributed by atoms with Crippen molar-refractivity contribution in [2.75, 3.05) is 6.54 Å². The van der Waals surface area contributed by atoms with Crippen molar-refractivity contribution in [3.8, 4) is 0 Å². The Morgan fingerprint density at radius 3 is 2.94 bits per heavy atom.